The van der Waals surface area contributed by atoms with E-state index in [1.54, 1.807) is 25.1 Å². The number of anilines is 1. The van der Waals surface area contributed by atoms with E-state index in [4.69, 9.17) is 21.1 Å². The standard InChI is InChI=1S/C20H21ClN2O6S/c1-12-11-30(26,27)23(20(12)25)14-5-6-15(16(21)9-14)19(24)22-10-13-4-7-17(28-2)18(8-13)29-3/h4-9,12H,10-11H2,1-3H3,(H,22,24)/t12-/m0/s1. The van der Waals surface area contributed by atoms with Crippen LogP contribution in [0, 0.1) is 5.92 Å². The second-order valence-corrected chi connectivity index (χ2v) is 9.09. The van der Waals surface area contributed by atoms with Crippen molar-refractivity contribution in [1.82, 2.24) is 5.32 Å². The summed E-state index contributed by atoms with van der Waals surface area (Å²) in [6.45, 7) is 1.77. The third kappa shape index (κ3) is 4.22. The Morgan fingerprint density at radius 3 is 2.43 bits per heavy atom. The molecule has 160 valence electrons. The summed E-state index contributed by atoms with van der Waals surface area (Å²) in [4.78, 5) is 24.8. The van der Waals surface area contributed by atoms with Gasteiger partial charge in [0.05, 0.1) is 42.2 Å². The van der Waals surface area contributed by atoms with Crippen molar-refractivity contribution in [2.45, 2.75) is 13.5 Å². The summed E-state index contributed by atoms with van der Waals surface area (Å²) >= 11 is 6.22. The highest BCUT2D eigenvalue weighted by atomic mass is 35.5. The van der Waals surface area contributed by atoms with E-state index in [-0.39, 0.29) is 28.6 Å². The highest BCUT2D eigenvalue weighted by molar-refractivity contribution is 7.94. The first kappa shape index (κ1) is 21.9. The molecular weight excluding hydrogens is 432 g/mol. The Balaban J connectivity index is 1.76. The van der Waals surface area contributed by atoms with Gasteiger partial charge >= 0.3 is 0 Å². The van der Waals surface area contributed by atoms with Gasteiger partial charge in [-0.15, -0.1) is 0 Å². The minimum Gasteiger partial charge on any atom is -0.493 e. The van der Waals surface area contributed by atoms with Gasteiger partial charge in [0.25, 0.3) is 5.91 Å². The van der Waals surface area contributed by atoms with Crippen molar-refractivity contribution in [2.75, 3.05) is 24.3 Å². The number of sulfonamides is 1. The van der Waals surface area contributed by atoms with Crippen LogP contribution >= 0.6 is 11.6 Å². The molecule has 1 heterocycles. The average Bonchev–Trinajstić information content (AvgIpc) is 2.92. The summed E-state index contributed by atoms with van der Waals surface area (Å²) in [5.41, 5.74) is 1.07. The summed E-state index contributed by atoms with van der Waals surface area (Å²) in [5.74, 6) is -0.721. The highest BCUT2D eigenvalue weighted by Gasteiger charge is 2.42. The Hall–Kier alpha value is -2.78. The van der Waals surface area contributed by atoms with Crippen molar-refractivity contribution in [3.8, 4) is 11.5 Å². The third-order valence-corrected chi connectivity index (χ3v) is 6.87. The Morgan fingerprint density at radius 2 is 1.87 bits per heavy atom. The number of nitrogens with zero attached hydrogens (tertiary/aromatic N) is 1. The van der Waals surface area contributed by atoms with Crippen LogP contribution in [0.3, 0.4) is 0 Å². The van der Waals surface area contributed by atoms with Crippen LogP contribution in [-0.4, -0.2) is 40.2 Å². The van der Waals surface area contributed by atoms with E-state index < -0.39 is 27.8 Å². The fourth-order valence-electron chi connectivity index (χ4n) is 3.17. The molecule has 0 saturated carbocycles. The molecule has 0 spiro atoms. The molecule has 0 radical (unpaired) electrons. The second kappa shape index (κ2) is 8.53. The smallest absolute Gasteiger partial charge is 0.253 e. The molecular formula is C20H21ClN2O6S. The van der Waals surface area contributed by atoms with Crippen LogP contribution in [0.5, 0.6) is 11.5 Å². The molecule has 1 aliphatic heterocycles. The molecule has 2 amide bonds. The Morgan fingerprint density at radius 1 is 1.17 bits per heavy atom. The van der Waals surface area contributed by atoms with E-state index in [0.717, 1.165) is 9.87 Å². The molecule has 1 fully saturated rings. The van der Waals surface area contributed by atoms with Crippen molar-refractivity contribution < 1.29 is 27.5 Å². The van der Waals surface area contributed by atoms with Crippen LogP contribution < -0.4 is 19.1 Å². The lowest BCUT2D eigenvalue weighted by atomic mass is 10.1. The molecule has 0 unspecified atom stereocenters. The first-order valence-corrected chi connectivity index (χ1v) is 11.0. The third-order valence-electron chi connectivity index (χ3n) is 4.69. The first-order chi connectivity index (χ1) is 14.2. The predicted molar refractivity (Wildman–Crippen MR) is 113 cm³/mol. The van der Waals surface area contributed by atoms with Crippen LogP contribution in [0.4, 0.5) is 5.69 Å². The maximum absolute atomic E-state index is 12.5. The van der Waals surface area contributed by atoms with Crippen LogP contribution in [0.25, 0.3) is 0 Å². The molecule has 1 saturated heterocycles. The lowest BCUT2D eigenvalue weighted by molar-refractivity contribution is -0.119. The fraction of sp³-hybridized carbons (Fsp3) is 0.300. The monoisotopic (exact) mass is 452 g/mol. The van der Waals surface area contributed by atoms with Gasteiger partial charge in [-0.3, -0.25) is 9.59 Å². The number of carbonyl (C=O) groups excluding carboxylic acids is 2. The number of hydrogen-bond acceptors (Lipinski definition) is 6. The summed E-state index contributed by atoms with van der Waals surface area (Å²) in [6, 6.07) is 9.36. The molecule has 0 aliphatic carbocycles. The van der Waals surface area contributed by atoms with Gasteiger partial charge < -0.3 is 14.8 Å². The van der Waals surface area contributed by atoms with Gasteiger partial charge in [-0.1, -0.05) is 24.6 Å². The molecule has 0 aromatic heterocycles. The number of benzene rings is 2. The molecule has 1 N–H and O–H groups in total. The number of nitrogens with one attached hydrogen (secondary N) is 1. The van der Waals surface area contributed by atoms with Crippen LogP contribution in [0.1, 0.15) is 22.8 Å². The van der Waals surface area contributed by atoms with Gasteiger partial charge in [-0.2, -0.15) is 0 Å². The Bertz CT molecular complexity index is 1100. The van der Waals surface area contributed by atoms with Crippen molar-refractivity contribution in [3.05, 3.63) is 52.5 Å². The number of hydrogen-bond donors (Lipinski definition) is 1. The predicted octanol–water partition coefficient (Wildman–Crippen LogP) is 2.60. The van der Waals surface area contributed by atoms with Crippen molar-refractivity contribution in [2.24, 2.45) is 5.92 Å². The number of methoxy groups -OCH3 is 2. The quantitative estimate of drug-likeness (QED) is 0.722. The topological polar surface area (TPSA) is 102 Å². The molecule has 0 bridgehead atoms. The molecule has 30 heavy (non-hydrogen) atoms. The van der Waals surface area contributed by atoms with E-state index in [2.05, 4.69) is 5.32 Å². The summed E-state index contributed by atoms with van der Waals surface area (Å²) < 4.78 is 35.6. The Kier molecular flexibility index (Phi) is 6.23. The van der Waals surface area contributed by atoms with E-state index >= 15 is 0 Å². The summed E-state index contributed by atoms with van der Waals surface area (Å²) in [5, 5.41) is 2.79. The van der Waals surface area contributed by atoms with Crippen LogP contribution in [-0.2, 0) is 21.4 Å². The minimum atomic E-state index is -3.74. The van der Waals surface area contributed by atoms with Gasteiger partial charge in [0, 0.05) is 6.54 Å². The zero-order valence-electron chi connectivity index (χ0n) is 16.6. The zero-order valence-corrected chi connectivity index (χ0v) is 18.2. The van der Waals surface area contributed by atoms with Crippen LogP contribution in [0.15, 0.2) is 36.4 Å². The van der Waals surface area contributed by atoms with E-state index in [0.29, 0.717) is 11.5 Å². The maximum atomic E-state index is 12.5. The lowest BCUT2D eigenvalue weighted by Crippen LogP contribution is -2.30. The molecule has 10 heteroatoms. The van der Waals surface area contributed by atoms with Gasteiger partial charge in [0.2, 0.25) is 15.9 Å². The maximum Gasteiger partial charge on any atom is 0.253 e. The second-order valence-electron chi connectivity index (χ2n) is 6.82. The molecule has 2 aromatic rings. The first-order valence-electron chi connectivity index (χ1n) is 9.03. The summed E-state index contributed by atoms with van der Waals surface area (Å²) in [7, 11) is -0.689. The minimum absolute atomic E-state index is 0.0415. The number of carbonyl (C=O) groups is 2. The van der Waals surface area contributed by atoms with Gasteiger partial charge in [-0.25, -0.2) is 12.7 Å². The lowest BCUT2D eigenvalue weighted by Gasteiger charge is -2.16. The molecule has 8 nitrogen and oxygen atoms in total. The largest absolute Gasteiger partial charge is 0.493 e. The molecule has 2 aromatic carbocycles. The highest BCUT2D eigenvalue weighted by Crippen LogP contribution is 2.31. The molecule has 1 atom stereocenters. The van der Waals surface area contributed by atoms with E-state index in [9.17, 15) is 18.0 Å². The number of amides is 2. The molecule has 1 aliphatic rings. The Labute approximate surface area is 179 Å². The molecule has 3 rings (SSSR count). The fourth-order valence-corrected chi connectivity index (χ4v) is 5.24. The normalized spacial score (nSPS) is 17.7. The number of ether oxygens (including phenoxy) is 2. The van der Waals surface area contributed by atoms with Gasteiger partial charge in [-0.05, 0) is 35.9 Å². The zero-order chi connectivity index (χ0) is 22.1. The van der Waals surface area contributed by atoms with E-state index in [1.165, 1.54) is 32.4 Å². The van der Waals surface area contributed by atoms with Gasteiger partial charge in [0.15, 0.2) is 11.5 Å². The van der Waals surface area contributed by atoms with Crippen molar-refractivity contribution in [3.63, 3.8) is 0 Å². The summed E-state index contributed by atoms with van der Waals surface area (Å²) in [6.07, 6.45) is 0. The van der Waals surface area contributed by atoms with Crippen molar-refractivity contribution in [1.29, 1.82) is 0 Å². The van der Waals surface area contributed by atoms with E-state index in [1.807, 2.05) is 0 Å². The van der Waals surface area contributed by atoms with Crippen molar-refractivity contribution >= 4 is 39.1 Å². The van der Waals surface area contributed by atoms with Gasteiger partial charge in [0.1, 0.15) is 0 Å². The number of rotatable bonds is 6. The average molecular weight is 453 g/mol. The number of halogens is 1. The van der Waals surface area contributed by atoms with Crippen LogP contribution in [0.2, 0.25) is 5.02 Å². The SMILES string of the molecule is COc1ccc(CNC(=O)c2ccc(N3C(=O)[C@@H](C)CS3(=O)=O)cc2Cl)cc1OC.